The van der Waals surface area contributed by atoms with Crippen molar-refractivity contribution in [1.29, 1.82) is 0 Å². The molecule has 76 heavy (non-hydrogen) atoms. The lowest BCUT2D eigenvalue weighted by Crippen LogP contribution is -2.30. The summed E-state index contributed by atoms with van der Waals surface area (Å²) in [7, 11) is 0. The number of unbranched alkanes of at least 4 members (excludes halogenated alkanes) is 31. The second-order valence-corrected chi connectivity index (χ2v) is 21.3. The predicted octanol–water partition coefficient (Wildman–Crippen LogP) is 22.0. The third kappa shape index (κ3) is 61.2. The van der Waals surface area contributed by atoms with E-state index in [-0.39, 0.29) is 37.5 Å². The van der Waals surface area contributed by atoms with E-state index in [9.17, 15) is 14.4 Å². The molecule has 0 fully saturated rings. The second-order valence-electron chi connectivity index (χ2n) is 21.3. The van der Waals surface area contributed by atoms with Crippen molar-refractivity contribution < 1.29 is 28.6 Å². The van der Waals surface area contributed by atoms with Crippen molar-refractivity contribution >= 4 is 17.9 Å². The summed E-state index contributed by atoms with van der Waals surface area (Å²) >= 11 is 0. The molecular weight excluding hydrogens is 937 g/mol. The maximum absolute atomic E-state index is 12.9. The van der Waals surface area contributed by atoms with E-state index in [1.807, 2.05) is 0 Å². The highest BCUT2D eigenvalue weighted by molar-refractivity contribution is 5.71. The quantitative estimate of drug-likeness (QED) is 0.0261. The van der Waals surface area contributed by atoms with Crippen LogP contribution in [0.5, 0.6) is 0 Å². The van der Waals surface area contributed by atoms with Gasteiger partial charge in [-0.15, -0.1) is 0 Å². The smallest absolute Gasteiger partial charge is 0.306 e. The first kappa shape index (κ1) is 72.3. The minimum Gasteiger partial charge on any atom is -0.462 e. The Morgan fingerprint density at radius 1 is 0.276 bits per heavy atom. The van der Waals surface area contributed by atoms with Crippen molar-refractivity contribution in [3.8, 4) is 0 Å². The van der Waals surface area contributed by atoms with E-state index in [1.54, 1.807) is 0 Å². The summed E-state index contributed by atoms with van der Waals surface area (Å²) in [6, 6.07) is 0. The Bertz CT molecular complexity index is 1490. The summed E-state index contributed by atoms with van der Waals surface area (Å²) in [5.74, 6) is -0.961. The fourth-order valence-corrected chi connectivity index (χ4v) is 8.98. The molecule has 0 amide bonds. The molecule has 0 saturated carbocycles. The zero-order valence-corrected chi connectivity index (χ0v) is 50.0. The van der Waals surface area contributed by atoms with Crippen molar-refractivity contribution in [1.82, 2.24) is 0 Å². The number of ether oxygens (including phenoxy) is 3. The average Bonchev–Trinajstić information content (AvgIpc) is 3.42. The van der Waals surface area contributed by atoms with Crippen LogP contribution in [-0.4, -0.2) is 37.2 Å². The van der Waals surface area contributed by atoms with Crippen LogP contribution in [0.15, 0.2) is 97.2 Å². The van der Waals surface area contributed by atoms with Gasteiger partial charge in [0.2, 0.25) is 0 Å². The van der Waals surface area contributed by atoms with Crippen LogP contribution in [0.25, 0.3) is 0 Å². The normalized spacial score (nSPS) is 12.7. The van der Waals surface area contributed by atoms with E-state index in [4.69, 9.17) is 14.2 Å². The monoisotopic (exact) mass is 1060 g/mol. The van der Waals surface area contributed by atoms with E-state index in [2.05, 4.69) is 118 Å². The largest absolute Gasteiger partial charge is 0.462 e. The average molecular weight is 1060 g/mol. The Morgan fingerprint density at radius 3 is 0.855 bits per heavy atom. The molecule has 0 radical (unpaired) electrons. The molecule has 0 N–H and O–H groups in total. The lowest BCUT2D eigenvalue weighted by molar-refractivity contribution is -0.167. The molecule has 0 bridgehead atoms. The molecule has 0 rings (SSSR count). The number of hydrogen-bond donors (Lipinski definition) is 0. The first-order valence-electron chi connectivity index (χ1n) is 32.2. The SMILES string of the molecule is CC/C=C\C/C=C\C/C=C\C/C=C\C/C=C\CCCC(=O)OC(COC(=O)CCCCCCC/C=C\CCCCCCCCC)COC(=O)CCCCCCCCCCCCCCC/C=C\C/C=C\CCCCCCC. The van der Waals surface area contributed by atoms with E-state index in [1.165, 1.54) is 173 Å². The third-order valence-corrected chi connectivity index (χ3v) is 13.8. The number of hydrogen-bond acceptors (Lipinski definition) is 6. The molecular formula is C70H120O6. The molecule has 6 heteroatoms. The van der Waals surface area contributed by atoms with Gasteiger partial charge < -0.3 is 14.2 Å². The summed E-state index contributed by atoms with van der Waals surface area (Å²) in [6.45, 7) is 6.49. The molecule has 0 aromatic rings. The summed E-state index contributed by atoms with van der Waals surface area (Å²) in [4.78, 5) is 38.3. The topological polar surface area (TPSA) is 78.9 Å². The molecule has 6 nitrogen and oxygen atoms in total. The molecule has 0 aromatic carbocycles. The van der Waals surface area contributed by atoms with Crippen molar-refractivity contribution in [2.75, 3.05) is 13.2 Å². The lowest BCUT2D eigenvalue weighted by atomic mass is 10.0. The second kappa shape index (κ2) is 63.9. The van der Waals surface area contributed by atoms with Crippen molar-refractivity contribution in [2.45, 2.75) is 316 Å². The van der Waals surface area contributed by atoms with Gasteiger partial charge >= 0.3 is 17.9 Å². The van der Waals surface area contributed by atoms with Crippen LogP contribution >= 0.6 is 0 Å². The molecule has 1 unspecified atom stereocenters. The number of carbonyl (C=O) groups is 3. The molecule has 0 aliphatic rings. The Hall–Kier alpha value is -3.67. The summed E-state index contributed by atoms with van der Waals surface area (Å²) < 4.78 is 16.9. The van der Waals surface area contributed by atoms with Crippen LogP contribution in [-0.2, 0) is 28.6 Å². The fourth-order valence-electron chi connectivity index (χ4n) is 8.98. The molecule has 436 valence electrons. The molecule has 0 aliphatic heterocycles. The molecule has 0 aromatic heterocycles. The molecule has 0 saturated heterocycles. The number of esters is 3. The van der Waals surface area contributed by atoms with Gasteiger partial charge in [0.25, 0.3) is 0 Å². The Labute approximate surface area is 470 Å². The van der Waals surface area contributed by atoms with Gasteiger partial charge in [-0.3, -0.25) is 14.4 Å². The maximum atomic E-state index is 12.9. The zero-order valence-electron chi connectivity index (χ0n) is 50.0. The molecule has 0 aliphatic carbocycles. The van der Waals surface area contributed by atoms with Gasteiger partial charge in [0.15, 0.2) is 6.10 Å². The van der Waals surface area contributed by atoms with Crippen LogP contribution in [0, 0.1) is 0 Å². The zero-order chi connectivity index (χ0) is 55.0. The molecule has 0 heterocycles. The maximum Gasteiger partial charge on any atom is 0.306 e. The van der Waals surface area contributed by atoms with Gasteiger partial charge in [0.1, 0.15) is 13.2 Å². The highest BCUT2D eigenvalue weighted by atomic mass is 16.6. The highest BCUT2D eigenvalue weighted by Gasteiger charge is 2.19. The Balaban J connectivity index is 4.39. The van der Waals surface area contributed by atoms with Crippen molar-refractivity contribution in [3.05, 3.63) is 97.2 Å². The Kier molecular flexibility index (Phi) is 60.8. The van der Waals surface area contributed by atoms with E-state index >= 15 is 0 Å². The standard InChI is InChI=1S/C70H120O6/c1-4-7-10-13-16-19-22-25-28-31-32-33-34-35-36-37-38-40-42-45-48-51-54-57-60-63-69(72)75-66-67(65-74-68(71)62-59-56-53-50-47-44-41-30-27-24-21-18-15-12-9-6-3)76-70(73)64-61-58-55-52-49-46-43-39-29-26-23-20-17-14-11-8-5-2/h8,11,17,20,22,25-26,29-32,41,43,46,52,55,67H,4-7,9-10,12-16,18-19,21,23-24,27-28,33-40,42,44-45,47-51,53-54,56-66H2,1-3H3/b11-8-,20-17-,25-22-,29-26-,32-31-,41-30-,46-43-,55-52-. The predicted molar refractivity (Wildman–Crippen MR) is 330 cm³/mol. The summed E-state index contributed by atoms with van der Waals surface area (Å²) in [6.07, 6.45) is 85.6. The Morgan fingerprint density at radius 2 is 0.526 bits per heavy atom. The van der Waals surface area contributed by atoms with Crippen LogP contribution < -0.4 is 0 Å². The van der Waals surface area contributed by atoms with Gasteiger partial charge in [-0.2, -0.15) is 0 Å². The number of rotatable bonds is 58. The third-order valence-electron chi connectivity index (χ3n) is 13.8. The van der Waals surface area contributed by atoms with Gasteiger partial charge in [0, 0.05) is 19.3 Å². The number of carbonyl (C=O) groups excluding carboxylic acids is 3. The number of allylic oxidation sites excluding steroid dienone is 16. The van der Waals surface area contributed by atoms with Gasteiger partial charge in [0.05, 0.1) is 0 Å². The minimum absolute atomic E-state index is 0.102. The van der Waals surface area contributed by atoms with Crippen molar-refractivity contribution in [3.63, 3.8) is 0 Å². The minimum atomic E-state index is -0.813. The van der Waals surface area contributed by atoms with Crippen molar-refractivity contribution in [2.24, 2.45) is 0 Å². The van der Waals surface area contributed by atoms with E-state index in [0.717, 1.165) is 89.9 Å². The van der Waals surface area contributed by atoms with Crippen LogP contribution in [0.2, 0.25) is 0 Å². The highest BCUT2D eigenvalue weighted by Crippen LogP contribution is 2.16. The van der Waals surface area contributed by atoms with Crippen LogP contribution in [0.3, 0.4) is 0 Å². The first-order valence-corrected chi connectivity index (χ1v) is 32.2. The van der Waals surface area contributed by atoms with E-state index < -0.39 is 6.10 Å². The summed E-state index contributed by atoms with van der Waals surface area (Å²) in [5, 5.41) is 0. The van der Waals surface area contributed by atoms with Crippen LogP contribution in [0.4, 0.5) is 0 Å². The first-order chi connectivity index (χ1) is 37.5. The summed E-state index contributed by atoms with van der Waals surface area (Å²) in [5.41, 5.74) is 0. The molecule has 0 spiro atoms. The lowest BCUT2D eigenvalue weighted by Gasteiger charge is -2.18. The van der Waals surface area contributed by atoms with E-state index in [0.29, 0.717) is 19.3 Å². The van der Waals surface area contributed by atoms with Gasteiger partial charge in [-0.05, 0) is 116 Å². The van der Waals surface area contributed by atoms with Gasteiger partial charge in [-0.1, -0.05) is 272 Å². The fraction of sp³-hybridized carbons (Fsp3) is 0.729. The molecule has 1 atom stereocenters. The van der Waals surface area contributed by atoms with Gasteiger partial charge in [-0.25, -0.2) is 0 Å². The van der Waals surface area contributed by atoms with Crippen LogP contribution in [0.1, 0.15) is 310 Å².